The fourth-order valence-electron chi connectivity index (χ4n) is 1.34. The molecule has 2 heterocycles. The third-order valence-corrected chi connectivity index (χ3v) is 2.66. The average molecular weight is 247 g/mol. The first-order valence-electron chi connectivity index (χ1n) is 5.38. The molecule has 0 aliphatic rings. The number of allylic oxidation sites excluding steroid dienone is 1. The van der Waals surface area contributed by atoms with Gasteiger partial charge in [0.2, 0.25) is 0 Å². The highest BCUT2D eigenvalue weighted by Gasteiger charge is 2.11. The molecule has 0 aromatic carbocycles. The second-order valence-electron chi connectivity index (χ2n) is 3.37. The number of nitrogens with zero attached hydrogens (tertiary/aromatic N) is 3. The van der Waals surface area contributed by atoms with Gasteiger partial charge in [-0.15, -0.1) is 4.37 Å². The van der Waals surface area contributed by atoms with Crippen molar-refractivity contribution >= 4 is 11.7 Å². The molecule has 2 rings (SSSR count). The van der Waals surface area contributed by atoms with Crippen molar-refractivity contribution < 1.29 is 4.74 Å². The van der Waals surface area contributed by atoms with E-state index in [9.17, 15) is 0 Å². The summed E-state index contributed by atoms with van der Waals surface area (Å²) < 4.78 is 14.0. The summed E-state index contributed by atoms with van der Waals surface area (Å²) in [5.41, 5.74) is 1.70. The van der Waals surface area contributed by atoms with Crippen LogP contribution >= 0.6 is 11.7 Å². The Bertz CT molecular complexity index is 482. The van der Waals surface area contributed by atoms with E-state index in [2.05, 4.69) is 19.8 Å². The van der Waals surface area contributed by atoms with E-state index in [0.29, 0.717) is 12.5 Å². The van der Waals surface area contributed by atoms with Gasteiger partial charge < -0.3 is 4.74 Å². The van der Waals surface area contributed by atoms with E-state index in [1.807, 2.05) is 25.1 Å². The van der Waals surface area contributed by atoms with E-state index in [1.54, 1.807) is 12.4 Å². The third kappa shape index (κ3) is 3.10. The summed E-state index contributed by atoms with van der Waals surface area (Å²) in [5, 5.41) is 0. The summed E-state index contributed by atoms with van der Waals surface area (Å²) in [6.07, 6.45) is 8.43. The minimum atomic E-state index is 0.590. The fraction of sp³-hybridized carbons (Fsp3) is 0.250. The summed E-state index contributed by atoms with van der Waals surface area (Å²) in [7, 11) is 0. The Hall–Kier alpha value is -1.75. The molecular formula is C12H13N3OS. The van der Waals surface area contributed by atoms with Crippen molar-refractivity contribution in [1.82, 2.24) is 13.7 Å². The summed E-state index contributed by atoms with van der Waals surface area (Å²) in [4.78, 5) is 4.06. The summed E-state index contributed by atoms with van der Waals surface area (Å²) in [6.45, 7) is 2.61. The number of aromatic nitrogens is 3. The maximum absolute atomic E-state index is 5.59. The molecule has 5 heteroatoms. The van der Waals surface area contributed by atoms with E-state index < -0.39 is 0 Å². The molecule has 2 aromatic heterocycles. The lowest BCUT2D eigenvalue weighted by Gasteiger charge is -2.02. The molecule has 0 saturated carbocycles. The van der Waals surface area contributed by atoms with Crippen molar-refractivity contribution in [2.75, 3.05) is 6.61 Å². The van der Waals surface area contributed by atoms with Crippen LogP contribution in [-0.2, 0) is 0 Å². The van der Waals surface area contributed by atoms with Crippen LogP contribution in [0, 0.1) is 0 Å². The monoisotopic (exact) mass is 247 g/mol. The summed E-state index contributed by atoms with van der Waals surface area (Å²) in [5.74, 6) is 0.590. The van der Waals surface area contributed by atoms with Gasteiger partial charge in [0.05, 0.1) is 18.3 Å². The van der Waals surface area contributed by atoms with Gasteiger partial charge in [-0.1, -0.05) is 12.2 Å². The van der Waals surface area contributed by atoms with Gasteiger partial charge >= 0.3 is 0 Å². The van der Waals surface area contributed by atoms with Gasteiger partial charge in [0.1, 0.15) is 5.69 Å². The maximum Gasteiger partial charge on any atom is 0.254 e. The van der Waals surface area contributed by atoms with E-state index in [-0.39, 0.29) is 0 Å². The minimum absolute atomic E-state index is 0.590. The number of hydrogen-bond acceptors (Lipinski definition) is 5. The molecule has 88 valence electrons. The molecule has 0 amide bonds. The Labute approximate surface area is 104 Å². The van der Waals surface area contributed by atoms with Crippen LogP contribution < -0.4 is 4.74 Å². The molecule has 0 aliphatic heterocycles. The van der Waals surface area contributed by atoms with Crippen molar-refractivity contribution in [3.8, 4) is 17.1 Å². The van der Waals surface area contributed by atoms with E-state index in [0.717, 1.165) is 29.4 Å². The Balaban J connectivity index is 2.07. The van der Waals surface area contributed by atoms with Crippen LogP contribution in [0.25, 0.3) is 11.3 Å². The number of ether oxygens (including phenoxy) is 1. The van der Waals surface area contributed by atoms with Crippen molar-refractivity contribution in [3.05, 3.63) is 36.7 Å². The Kier molecular flexibility index (Phi) is 4.21. The van der Waals surface area contributed by atoms with Gasteiger partial charge in [0.15, 0.2) is 0 Å². The maximum atomic E-state index is 5.59. The lowest BCUT2D eigenvalue weighted by Crippen LogP contribution is -1.97. The van der Waals surface area contributed by atoms with Gasteiger partial charge in [-0.25, -0.2) is 0 Å². The quantitative estimate of drug-likeness (QED) is 0.602. The highest BCUT2D eigenvalue weighted by atomic mass is 32.1. The Morgan fingerprint density at radius 1 is 1.41 bits per heavy atom. The fourth-order valence-corrected chi connectivity index (χ4v) is 1.86. The Morgan fingerprint density at radius 2 is 2.35 bits per heavy atom. The molecule has 0 spiro atoms. The van der Waals surface area contributed by atoms with Gasteiger partial charge in [0, 0.05) is 18.0 Å². The summed E-state index contributed by atoms with van der Waals surface area (Å²) >= 11 is 1.15. The number of pyridine rings is 1. The van der Waals surface area contributed by atoms with E-state index in [1.165, 1.54) is 0 Å². The first-order valence-corrected chi connectivity index (χ1v) is 6.11. The van der Waals surface area contributed by atoms with E-state index in [4.69, 9.17) is 4.74 Å². The zero-order valence-electron chi connectivity index (χ0n) is 9.54. The van der Waals surface area contributed by atoms with Gasteiger partial charge in [-0.05, 0) is 25.5 Å². The largest absolute Gasteiger partial charge is 0.475 e. The highest BCUT2D eigenvalue weighted by Crippen LogP contribution is 2.26. The van der Waals surface area contributed by atoms with Crippen molar-refractivity contribution in [3.63, 3.8) is 0 Å². The smallest absolute Gasteiger partial charge is 0.254 e. The van der Waals surface area contributed by atoms with Crippen molar-refractivity contribution in [1.29, 1.82) is 0 Å². The molecule has 0 aliphatic carbocycles. The molecule has 0 atom stereocenters. The van der Waals surface area contributed by atoms with Crippen LogP contribution in [0.4, 0.5) is 0 Å². The SMILES string of the molecule is CC=CCCOc1nsnc1-c1cccnc1. The van der Waals surface area contributed by atoms with E-state index >= 15 is 0 Å². The molecule has 4 nitrogen and oxygen atoms in total. The van der Waals surface area contributed by atoms with Crippen molar-refractivity contribution in [2.24, 2.45) is 0 Å². The average Bonchev–Trinajstić information content (AvgIpc) is 2.84. The minimum Gasteiger partial charge on any atom is -0.475 e. The van der Waals surface area contributed by atoms with Crippen LogP contribution in [-0.4, -0.2) is 20.3 Å². The lowest BCUT2D eigenvalue weighted by atomic mass is 10.2. The topological polar surface area (TPSA) is 47.9 Å². The third-order valence-electron chi connectivity index (χ3n) is 2.15. The molecule has 0 fully saturated rings. The van der Waals surface area contributed by atoms with Crippen LogP contribution in [0.2, 0.25) is 0 Å². The molecule has 0 bridgehead atoms. The van der Waals surface area contributed by atoms with Crippen LogP contribution in [0.3, 0.4) is 0 Å². The molecule has 0 N–H and O–H groups in total. The predicted octanol–water partition coefficient (Wildman–Crippen LogP) is 2.95. The number of hydrogen-bond donors (Lipinski definition) is 0. The molecule has 17 heavy (non-hydrogen) atoms. The van der Waals surface area contributed by atoms with Gasteiger partial charge in [0.25, 0.3) is 5.88 Å². The second kappa shape index (κ2) is 6.10. The van der Waals surface area contributed by atoms with Crippen LogP contribution in [0.5, 0.6) is 5.88 Å². The Morgan fingerprint density at radius 3 is 3.12 bits per heavy atom. The molecule has 2 aromatic rings. The molecular weight excluding hydrogens is 234 g/mol. The standard InChI is InChI=1S/C12H13N3OS/c1-2-3-4-8-16-12-11(14-17-15-12)10-6-5-7-13-9-10/h2-3,5-7,9H,4,8H2,1H3. The molecule has 0 unspecified atom stereocenters. The molecule has 0 radical (unpaired) electrons. The van der Waals surface area contributed by atoms with Crippen molar-refractivity contribution in [2.45, 2.75) is 13.3 Å². The van der Waals surface area contributed by atoms with Crippen LogP contribution in [0.1, 0.15) is 13.3 Å². The van der Waals surface area contributed by atoms with Gasteiger partial charge in [-0.2, -0.15) is 4.37 Å². The first kappa shape index (κ1) is 11.7. The van der Waals surface area contributed by atoms with Gasteiger partial charge in [-0.3, -0.25) is 4.98 Å². The number of rotatable bonds is 5. The lowest BCUT2D eigenvalue weighted by molar-refractivity contribution is 0.316. The predicted molar refractivity (Wildman–Crippen MR) is 68.1 cm³/mol. The first-order chi connectivity index (χ1) is 8.42. The molecule has 0 saturated heterocycles. The zero-order valence-corrected chi connectivity index (χ0v) is 10.4. The normalized spacial score (nSPS) is 10.9. The second-order valence-corrected chi connectivity index (χ2v) is 3.89. The zero-order chi connectivity index (χ0) is 11.9. The summed E-state index contributed by atoms with van der Waals surface area (Å²) in [6, 6.07) is 3.82. The highest BCUT2D eigenvalue weighted by molar-refractivity contribution is 6.99. The van der Waals surface area contributed by atoms with Crippen LogP contribution in [0.15, 0.2) is 36.7 Å².